The van der Waals surface area contributed by atoms with E-state index in [1.165, 1.54) is 0 Å². The zero-order valence-electron chi connectivity index (χ0n) is 8.23. The number of carboxylic acids is 1. The fourth-order valence-corrected chi connectivity index (χ4v) is 3.33. The summed E-state index contributed by atoms with van der Waals surface area (Å²) in [6.07, 6.45) is 1.48. The first-order valence-electron chi connectivity index (χ1n) is 4.48. The van der Waals surface area contributed by atoms with Crippen LogP contribution in [0.1, 0.15) is 20.3 Å². The van der Waals surface area contributed by atoms with Crippen LogP contribution in [-0.2, 0) is 14.6 Å². The highest BCUT2D eigenvalue weighted by molar-refractivity contribution is 7.92. The maximum absolute atomic E-state index is 11.4. The van der Waals surface area contributed by atoms with Crippen LogP contribution < -0.4 is 0 Å². The van der Waals surface area contributed by atoms with Crippen molar-refractivity contribution < 1.29 is 18.3 Å². The molecule has 0 radical (unpaired) electrons. The molecule has 0 bridgehead atoms. The molecule has 0 aromatic heterocycles. The summed E-state index contributed by atoms with van der Waals surface area (Å²) in [5.74, 6) is -1.11. The second-order valence-electron chi connectivity index (χ2n) is 3.80. The number of sulfone groups is 1. The Morgan fingerprint density at radius 3 is 2.57 bits per heavy atom. The van der Waals surface area contributed by atoms with Gasteiger partial charge in [0.05, 0.1) is 11.0 Å². The molecule has 1 aliphatic heterocycles. The minimum atomic E-state index is -3.01. The highest BCUT2D eigenvalue weighted by Crippen LogP contribution is 2.28. The van der Waals surface area contributed by atoms with Gasteiger partial charge in [0.2, 0.25) is 0 Å². The van der Waals surface area contributed by atoms with Crippen LogP contribution in [0, 0.1) is 5.92 Å². The van der Waals surface area contributed by atoms with Crippen LogP contribution in [0.5, 0.6) is 0 Å². The highest BCUT2D eigenvalue weighted by atomic mass is 32.2. The minimum Gasteiger partial charge on any atom is -0.478 e. The molecule has 1 saturated heterocycles. The maximum Gasteiger partial charge on any atom is 0.328 e. The lowest BCUT2D eigenvalue weighted by atomic mass is 9.97. The molecule has 0 amide bonds. The standard InChI is InChI=1S/C9H14O4S/c1-6-5-14(12,13)7(2)3-8(6)4-9(10)11/h4,6-7H,3,5H2,1-2H3,(H,10,11)/b8-4+/t6-,7+/m0/s1. The predicted octanol–water partition coefficient (Wildman–Crippen LogP) is 0.841. The second-order valence-corrected chi connectivity index (χ2v) is 6.27. The van der Waals surface area contributed by atoms with Crippen molar-refractivity contribution in [2.45, 2.75) is 25.5 Å². The first-order valence-corrected chi connectivity index (χ1v) is 6.19. The van der Waals surface area contributed by atoms with E-state index in [4.69, 9.17) is 5.11 Å². The average Bonchev–Trinajstić information content (AvgIpc) is 1.98. The van der Waals surface area contributed by atoms with Gasteiger partial charge in [0.1, 0.15) is 0 Å². The third-order valence-corrected chi connectivity index (χ3v) is 4.92. The molecule has 2 atom stereocenters. The minimum absolute atomic E-state index is 0.0628. The number of carboxylic acid groups (broad SMARTS) is 1. The van der Waals surface area contributed by atoms with Crippen LogP contribution in [0.3, 0.4) is 0 Å². The molecule has 0 aromatic carbocycles. The zero-order chi connectivity index (χ0) is 10.9. The summed E-state index contributed by atoms with van der Waals surface area (Å²) in [5, 5.41) is 8.12. The van der Waals surface area contributed by atoms with Gasteiger partial charge in [-0.15, -0.1) is 0 Å². The molecule has 1 heterocycles. The topological polar surface area (TPSA) is 71.4 Å². The van der Waals surface area contributed by atoms with Gasteiger partial charge in [-0.1, -0.05) is 12.5 Å². The largest absolute Gasteiger partial charge is 0.478 e. The van der Waals surface area contributed by atoms with Crippen LogP contribution >= 0.6 is 0 Å². The Morgan fingerprint density at radius 1 is 1.50 bits per heavy atom. The number of hydrogen-bond acceptors (Lipinski definition) is 3. The molecule has 0 unspecified atom stereocenters. The van der Waals surface area contributed by atoms with E-state index in [2.05, 4.69) is 0 Å². The average molecular weight is 218 g/mol. The molecule has 80 valence electrons. The Bertz CT molecular complexity index is 366. The number of hydrogen-bond donors (Lipinski definition) is 1. The molecule has 1 N–H and O–H groups in total. The van der Waals surface area contributed by atoms with Crippen LogP contribution in [0.25, 0.3) is 0 Å². The van der Waals surface area contributed by atoms with Crippen molar-refractivity contribution in [3.05, 3.63) is 11.6 Å². The van der Waals surface area contributed by atoms with Crippen molar-refractivity contribution in [2.24, 2.45) is 5.92 Å². The lowest BCUT2D eigenvalue weighted by Gasteiger charge is -2.26. The van der Waals surface area contributed by atoms with Crippen molar-refractivity contribution in [3.63, 3.8) is 0 Å². The van der Waals surface area contributed by atoms with Gasteiger partial charge in [-0.25, -0.2) is 13.2 Å². The molecule has 0 aromatic rings. The summed E-state index contributed by atoms with van der Waals surface area (Å²) in [5.41, 5.74) is 0.722. The normalized spacial score (nSPS) is 34.3. The molecule has 0 aliphatic carbocycles. The van der Waals surface area contributed by atoms with E-state index in [0.717, 1.165) is 11.6 Å². The van der Waals surface area contributed by atoms with Crippen LogP contribution in [0.15, 0.2) is 11.6 Å². The number of rotatable bonds is 1. The van der Waals surface area contributed by atoms with E-state index in [1.807, 2.05) is 0 Å². The number of carbonyl (C=O) groups is 1. The van der Waals surface area contributed by atoms with Crippen molar-refractivity contribution in [2.75, 3.05) is 5.75 Å². The predicted molar refractivity (Wildman–Crippen MR) is 52.7 cm³/mol. The van der Waals surface area contributed by atoms with E-state index in [9.17, 15) is 13.2 Å². The van der Waals surface area contributed by atoms with Crippen molar-refractivity contribution in [1.29, 1.82) is 0 Å². The Kier molecular flexibility index (Phi) is 2.99. The van der Waals surface area contributed by atoms with Crippen LogP contribution in [0.2, 0.25) is 0 Å². The van der Waals surface area contributed by atoms with Gasteiger partial charge in [0, 0.05) is 6.08 Å². The van der Waals surface area contributed by atoms with Gasteiger partial charge in [0.15, 0.2) is 9.84 Å². The van der Waals surface area contributed by atoms with Gasteiger partial charge in [-0.05, 0) is 19.3 Å². The summed E-state index contributed by atoms with van der Waals surface area (Å²) in [6.45, 7) is 3.37. The highest BCUT2D eigenvalue weighted by Gasteiger charge is 2.32. The third kappa shape index (κ3) is 2.35. The maximum atomic E-state index is 11.4. The molecule has 14 heavy (non-hydrogen) atoms. The van der Waals surface area contributed by atoms with Crippen LogP contribution in [0.4, 0.5) is 0 Å². The van der Waals surface area contributed by atoms with E-state index in [-0.39, 0.29) is 11.7 Å². The van der Waals surface area contributed by atoms with Gasteiger partial charge in [0.25, 0.3) is 0 Å². The molecule has 1 aliphatic rings. The van der Waals surface area contributed by atoms with E-state index in [0.29, 0.717) is 6.42 Å². The molecule has 0 saturated carbocycles. The van der Waals surface area contributed by atoms with Crippen molar-refractivity contribution in [3.8, 4) is 0 Å². The first-order chi connectivity index (χ1) is 6.33. The molecule has 0 spiro atoms. The zero-order valence-corrected chi connectivity index (χ0v) is 9.04. The molecular formula is C9H14O4S. The number of aliphatic carboxylic acids is 1. The smallest absolute Gasteiger partial charge is 0.328 e. The monoisotopic (exact) mass is 218 g/mol. The molecule has 4 nitrogen and oxygen atoms in total. The van der Waals surface area contributed by atoms with Gasteiger partial charge in [-0.2, -0.15) is 0 Å². The summed E-state index contributed by atoms with van der Waals surface area (Å²) >= 11 is 0. The van der Waals surface area contributed by atoms with E-state index in [1.54, 1.807) is 13.8 Å². The lowest BCUT2D eigenvalue weighted by molar-refractivity contribution is -0.131. The molecule has 1 rings (SSSR count). The lowest BCUT2D eigenvalue weighted by Crippen LogP contribution is -2.32. The van der Waals surface area contributed by atoms with Crippen LogP contribution in [-0.4, -0.2) is 30.5 Å². The van der Waals surface area contributed by atoms with Crippen molar-refractivity contribution >= 4 is 15.8 Å². The third-order valence-electron chi connectivity index (χ3n) is 2.56. The first kappa shape index (κ1) is 11.2. The Morgan fingerprint density at radius 2 is 2.07 bits per heavy atom. The second kappa shape index (κ2) is 3.73. The summed E-state index contributed by atoms with van der Waals surface area (Å²) in [7, 11) is -3.01. The fourth-order valence-electron chi connectivity index (χ4n) is 1.64. The fraction of sp³-hybridized carbons (Fsp3) is 0.667. The Labute approximate surface area is 83.5 Å². The SMILES string of the molecule is C[C@@H]1C/C(=C\C(=O)O)[C@@H](C)CS1(=O)=O. The Hall–Kier alpha value is -0.840. The van der Waals surface area contributed by atoms with Gasteiger partial charge < -0.3 is 5.11 Å². The summed E-state index contributed by atoms with van der Waals surface area (Å²) in [6, 6.07) is 0. The summed E-state index contributed by atoms with van der Waals surface area (Å²) < 4.78 is 22.9. The quantitative estimate of drug-likeness (QED) is 0.662. The molecule has 1 fully saturated rings. The van der Waals surface area contributed by atoms with E-state index < -0.39 is 21.1 Å². The van der Waals surface area contributed by atoms with Crippen molar-refractivity contribution in [1.82, 2.24) is 0 Å². The molecular weight excluding hydrogens is 204 g/mol. The van der Waals surface area contributed by atoms with E-state index >= 15 is 0 Å². The molecule has 5 heteroatoms. The summed E-state index contributed by atoms with van der Waals surface area (Å²) in [4.78, 5) is 10.5. The van der Waals surface area contributed by atoms with Gasteiger partial charge >= 0.3 is 5.97 Å². The Balaban J connectivity index is 2.93. The number of allylic oxidation sites excluding steroid dienone is 1. The van der Waals surface area contributed by atoms with Gasteiger partial charge in [-0.3, -0.25) is 0 Å².